The first kappa shape index (κ1) is 10.8. The summed E-state index contributed by atoms with van der Waals surface area (Å²) in [6.45, 7) is 1.41. The molecule has 6 heteroatoms. The molecule has 78 valence electrons. The van der Waals surface area contributed by atoms with Crippen LogP contribution in [0, 0.1) is 6.92 Å². The van der Waals surface area contributed by atoms with Gasteiger partial charge in [-0.2, -0.15) is 13.2 Å². The smallest absolute Gasteiger partial charge is 0.329 e. The lowest BCUT2D eigenvalue weighted by molar-refractivity contribution is -0.149. The summed E-state index contributed by atoms with van der Waals surface area (Å²) in [6.07, 6.45) is -3.50. The lowest BCUT2D eigenvalue weighted by Gasteiger charge is -2.17. The second-order valence-electron chi connectivity index (χ2n) is 2.95. The standard InChI is InChI=1S/C8H9F3N2O/c1-4-2-6(14)13-3-5(4)7(12)8(9,10)11/h2-3,7H,12H2,1H3,(H,13,14). The Kier molecular flexibility index (Phi) is 2.66. The molecule has 0 radical (unpaired) electrons. The number of nitrogens with two attached hydrogens (primary N) is 1. The van der Waals surface area contributed by atoms with Crippen LogP contribution in [0.2, 0.25) is 0 Å². The van der Waals surface area contributed by atoms with Crippen molar-refractivity contribution in [2.75, 3.05) is 0 Å². The van der Waals surface area contributed by atoms with Gasteiger partial charge in [0.2, 0.25) is 5.56 Å². The second kappa shape index (κ2) is 3.45. The van der Waals surface area contributed by atoms with Gasteiger partial charge in [0, 0.05) is 12.3 Å². The molecule has 0 saturated heterocycles. The fourth-order valence-corrected chi connectivity index (χ4v) is 1.10. The number of aromatic nitrogens is 1. The number of nitrogens with one attached hydrogen (secondary N) is 1. The van der Waals surface area contributed by atoms with E-state index in [0.29, 0.717) is 0 Å². The molecule has 0 saturated carbocycles. The van der Waals surface area contributed by atoms with Crippen molar-refractivity contribution in [3.63, 3.8) is 0 Å². The summed E-state index contributed by atoms with van der Waals surface area (Å²) >= 11 is 0. The van der Waals surface area contributed by atoms with E-state index in [9.17, 15) is 18.0 Å². The maximum atomic E-state index is 12.2. The molecule has 0 spiro atoms. The average Bonchev–Trinajstić information content (AvgIpc) is 2.01. The zero-order valence-corrected chi connectivity index (χ0v) is 7.35. The van der Waals surface area contributed by atoms with Crippen molar-refractivity contribution in [3.8, 4) is 0 Å². The number of hydrogen-bond donors (Lipinski definition) is 2. The molecule has 1 heterocycles. The number of aryl methyl sites for hydroxylation is 1. The maximum absolute atomic E-state index is 12.2. The largest absolute Gasteiger partial charge is 0.407 e. The van der Waals surface area contributed by atoms with Crippen molar-refractivity contribution < 1.29 is 13.2 Å². The van der Waals surface area contributed by atoms with Gasteiger partial charge in [0.05, 0.1) is 0 Å². The van der Waals surface area contributed by atoms with Crippen molar-refractivity contribution >= 4 is 0 Å². The lowest BCUT2D eigenvalue weighted by atomic mass is 10.0. The van der Waals surface area contributed by atoms with Crippen molar-refractivity contribution in [2.24, 2.45) is 5.73 Å². The molecule has 3 N–H and O–H groups in total. The van der Waals surface area contributed by atoms with Gasteiger partial charge >= 0.3 is 6.18 Å². The highest BCUT2D eigenvalue weighted by Gasteiger charge is 2.38. The topological polar surface area (TPSA) is 58.9 Å². The number of alkyl halides is 3. The summed E-state index contributed by atoms with van der Waals surface area (Å²) in [6, 6.07) is -0.972. The Morgan fingerprint density at radius 2 is 2.07 bits per heavy atom. The van der Waals surface area contributed by atoms with E-state index in [1.807, 2.05) is 0 Å². The first-order chi connectivity index (χ1) is 6.32. The fourth-order valence-electron chi connectivity index (χ4n) is 1.10. The Morgan fingerprint density at radius 1 is 1.50 bits per heavy atom. The number of halogens is 3. The van der Waals surface area contributed by atoms with E-state index in [-0.39, 0.29) is 11.1 Å². The lowest BCUT2D eigenvalue weighted by Crippen LogP contribution is -2.29. The summed E-state index contributed by atoms with van der Waals surface area (Å²) < 4.78 is 36.6. The van der Waals surface area contributed by atoms with Gasteiger partial charge in [-0.05, 0) is 18.1 Å². The molecule has 1 rings (SSSR count). The molecule has 0 aliphatic heterocycles. The Labute approximate surface area is 77.7 Å². The molecule has 3 nitrogen and oxygen atoms in total. The van der Waals surface area contributed by atoms with Crippen LogP contribution in [-0.4, -0.2) is 11.2 Å². The van der Waals surface area contributed by atoms with Gasteiger partial charge in [-0.25, -0.2) is 0 Å². The van der Waals surface area contributed by atoms with Crippen LogP contribution in [0.5, 0.6) is 0 Å². The highest BCUT2D eigenvalue weighted by atomic mass is 19.4. The minimum absolute atomic E-state index is 0.114. The number of hydrogen-bond acceptors (Lipinski definition) is 2. The van der Waals surface area contributed by atoms with Gasteiger partial charge in [0.1, 0.15) is 6.04 Å². The van der Waals surface area contributed by atoms with E-state index in [0.717, 1.165) is 12.3 Å². The number of pyridine rings is 1. The molecule has 1 atom stereocenters. The van der Waals surface area contributed by atoms with Crippen LogP contribution in [0.3, 0.4) is 0 Å². The van der Waals surface area contributed by atoms with Crippen LogP contribution >= 0.6 is 0 Å². The number of aromatic amines is 1. The van der Waals surface area contributed by atoms with E-state index >= 15 is 0 Å². The molecule has 1 aromatic heterocycles. The van der Waals surface area contributed by atoms with Crippen molar-refractivity contribution in [1.82, 2.24) is 4.98 Å². The number of rotatable bonds is 1. The van der Waals surface area contributed by atoms with Gasteiger partial charge in [-0.3, -0.25) is 4.79 Å². The molecule has 0 aliphatic carbocycles. The Morgan fingerprint density at radius 3 is 2.50 bits per heavy atom. The normalized spacial score (nSPS) is 14.1. The van der Waals surface area contributed by atoms with Crippen LogP contribution in [-0.2, 0) is 0 Å². The second-order valence-corrected chi connectivity index (χ2v) is 2.95. The predicted octanol–water partition coefficient (Wildman–Crippen LogP) is 1.25. The molecule has 14 heavy (non-hydrogen) atoms. The van der Waals surface area contributed by atoms with Crippen LogP contribution < -0.4 is 11.3 Å². The summed E-state index contributed by atoms with van der Waals surface area (Å²) in [5, 5.41) is 0. The van der Waals surface area contributed by atoms with Crippen LogP contribution in [0.25, 0.3) is 0 Å². The van der Waals surface area contributed by atoms with Gasteiger partial charge in [0.25, 0.3) is 0 Å². The Hall–Kier alpha value is -1.30. The minimum Gasteiger partial charge on any atom is -0.329 e. The van der Waals surface area contributed by atoms with E-state index in [1.54, 1.807) is 0 Å². The van der Waals surface area contributed by atoms with Crippen molar-refractivity contribution in [2.45, 2.75) is 19.1 Å². The zero-order chi connectivity index (χ0) is 10.9. The molecule has 0 aliphatic rings. The van der Waals surface area contributed by atoms with Gasteiger partial charge in [-0.1, -0.05) is 0 Å². The third kappa shape index (κ3) is 2.14. The van der Waals surface area contributed by atoms with Crippen LogP contribution in [0.15, 0.2) is 17.1 Å². The molecule has 0 fully saturated rings. The van der Waals surface area contributed by atoms with E-state index < -0.39 is 17.8 Å². The van der Waals surface area contributed by atoms with Crippen LogP contribution in [0.1, 0.15) is 17.2 Å². The van der Waals surface area contributed by atoms with Crippen LogP contribution in [0.4, 0.5) is 13.2 Å². The summed E-state index contributed by atoms with van der Waals surface area (Å²) in [5.74, 6) is 0. The van der Waals surface area contributed by atoms with Gasteiger partial charge in [-0.15, -0.1) is 0 Å². The molecular formula is C8H9F3N2O. The highest BCUT2D eigenvalue weighted by molar-refractivity contribution is 5.25. The first-order valence-corrected chi connectivity index (χ1v) is 3.84. The Balaban J connectivity index is 3.14. The third-order valence-corrected chi connectivity index (χ3v) is 1.86. The summed E-state index contributed by atoms with van der Waals surface area (Å²) in [5.41, 5.74) is 4.65. The first-order valence-electron chi connectivity index (χ1n) is 3.84. The molecule has 1 unspecified atom stereocenters. The zero-order valence-electron chi connectivity index (χ0n) is 7.35. The van der Waals surface area contributed by atoms with Gasteiger partial charge in [0.15, 0.2) is 0 Å². The molecule has 1 aromatic rings. The predicted molar refractivity (Wildman–Crippen MR) is 44.8 cm³/mol. The Bertz CT molecular complexity index is 383. The fraction of sp³-hybridized carbons (Fsp3) is 0.375. The minimum atomic E-state index is -4.50. The molecule has 0 amide bonds. The maximum Gasteiger partial charge on any atom is 0.407 e. The van der Waals surface area contributed by atoms with E-state index in [4.69, 9.17) is 5.73 Å². The van der Waals surface area contributed by atoms with Gasteiger partial charge < -0.3 is 10.7 Å². The van der Waals surface area contributed by atoms with E-state index in [2.05, 4.69) is 4.98 Å². The monoisotopic (exact) mass is 206 g/mol. The van der Waals surface area contributed by atoms with E-state index in [1.165, 1.54) is 6.92 Å². The highest BCUT2D eigenvalue weighted by Crippen LogP contribution is 2.30. The molecular weight excluding hydrogens is 197 g/mol. The summed E-state index contributed by atoms with van der Waals surface area (Å²) in [4.78, 5) is 12.9. The molecule has 0 aromatic carbocycles. The van der Waals surface area contributed by atoms with Crippen molar-refractivity contribution in [1.29, 1.82) is 0 Å². The SMILES string of the molecule is Cc1cc(=O)[nH]cc1C(N)C(F)(F)F. The summed E-state index contributed by atoms with van der Waals surface area (Å²) in [7, 11) is 0. The number of H-pyrrole nitrogens is 1. The molecule has 0 bridgehead atoms. The third-order valence-electron chi connectivity index (χ3n) is 1.86. The van der Waals surface area contributed by atoms with Crippen molar-refractivity contribution in [3.05, 3.63) is 33.7 Å². The average molecular weight is 206 g/mol. The quantitative estimate of drug-likeness (QED) is 0.726.